The van der Waals surface area contributed by atoms with Gasteiger partial charge < -0.3 is 10.6 Å². The third-order valence-electron chi connectivity index (χ3n) is 6.69. The molecule has 6 nitrogen and oxygen atoms in total. The van der Waals surface area contributed by atoms with Crippen LogP contribution in [0.5, 0.6) is 0 Å². The van der Waals surface area contributed by atoms with Gasteiger partial charge in [0.25, 0.3) is 0 Å². The van der Waals surface area contributed by atoms with Crippen molar-refractivity contribution < 1.29 is 0 Å². The van der Waals surface area contributed by atoms with Gasteiger partial charge in [-0.1, -0.05) is 36.7 Å². The highest BCUT2D eigenvalue weighted by atomic mass is 35.5. The van der Waals surface area contributed by atoms with E-state index in [2.05, 4.69) is 42.6 Å². The molecule has 5 rings (SSSR count). The molecule has 2 aliphatic heterocycles. The van der Waals surface area contributed by atoms with Gasteiger partial charge in [0, 0.05) is 42.5 Å². The van der Waals surface area contributed by atoms with Gasteiger partial charge >= 0.3 is 0 Å². The molecular formula is C26H35ClN6. The topological polar surface area (TPSA) is 62.7 Å². The molecule has 1 unspecified atom stereocenters. The number of aromatic nitrogens is 3. The molecule has 0 aliphatic carbocycles. The number of piperidine rings is 1. The van der Waals surface area contributed by atoms with E-state index in [9.17, 15) is 0 Å². The zero-order valence-corrected chi connectivity index (χ0v) is 20.6. The molecule has 0 spiro atoms. The maximum atomic E-state index is 5.76. The van der Waals surface area contributed by atoms with E-state index in [0.29, 0.717) is 12.6 Å². The van der Waals surface area contributed by atoms with E-state index in [0.717, 1.165) is 40.7 Å². The van der Waals surface area contributed by atoms with E-state index in [1.54, 1.807) is 6.08 Å². The highest BCUT2D eigenvalue weighted by Crippen LogP contribution is 2.30. The van der Waals surface area contributed by atoms with Crippen molar-refractivity contribution in [1.82, 2.24) is 19.5 Å². The minimum absolute atomic E-state index is 0.450. The van der Waals surface area contributed by atoms with Gasteiger partial charge in [-0.25, -0.2) is 9.50 Å². The fourth-order valence-corrected chi connectivity index (χ4v) is 5.00. The first-order valence-corrected chi connectivity index (χ1v) is 12.3. The van der Waals surface area contributed by atoms with Crippen LogP contribution in [0.2, 0.25) is 5.02 Å². The first-order chi connectivity index (χ1) is 16.0. The summed E-state index contributed by atoms with van der Waals surface area (Å²) in [4.78, 5) is 9.75. The molecule has 1 atom stereocenters. The number of anilines is 1. The average Bonchev–Trinajstić information content (AvgIpc) is 3.49. The monoisotopic (exact) mass is 466 g/mol. The summed E-state index contributed by atoms with van der Waals surface area (Å²) >= 11 is 5.76. The van der Waals surface area contributed by atoms with Crippen LogP contribution in [0.4, 0.5) is 5.82 Å². The van der Waals surface area contributed by atoms with E-state index in [1.807, 2.05) is 22.7 Å². The number of hydrogen-bond donors (Lipinski definition) is 1. The SMILES string of the molecule is C=Cc1cc(Cl)ccc1CN.Cc1cn2nc(C3CCCCN3C)cc2nc1N1CCCC1. The molecule has 2 aromatic heterocycles. The van der Waals surface area contributed by atoms with Crippen molar-refractivity contribution in [2.45, 2.75) is 51.6 Å². The lowest BCUT2D eigenvalue weighted by Gasteiger charge is -2.30. The minimum atomic E-state index is 0.450. The number of hydrogen-bond acceptors (Lipinski definition) is 5. The van der Waals surface area contributed by atoms with Gasteiger partial charge in [0.15, 0.2) is 5.65 Å². The summed E-state index contributed by atoms with van der Waals surface area (Å²) in [5.74, 6) is 1.15. The molecule has 4 heterocycles. The van der Waals surface area contributed by atoms with Crippen LogP contribution in [0, 0.1) is 6.92 Å². The summed E-state index contributed by atoms with van der Waals surface area (Å²) in [7, 11) is 2.21. The second-order valence-electron chi connectivity index (χ2n) is 9.06. The predicted octanol–water partition coefficient (Wildman–Crippen LogP) is 5.24. The second-order valence-corrected chi connectivity index (χ2v) is 9.49. The van der Waals surface area contributed by atoms with Crippen LogP contribution in [0.15, 0.2) is 37.0 Å². The first kappa shape index (κ1) is 23.7. The summed E-state index contributed by atoms with van der Waals surface area (Å²) in [5, 5.41) is 5.53. The fourth-order valence-electron chi connectivity index (χ4n) is 4.82. The standard InChI is InChI=1S/C17H25N5.C9H10ClN/c1-13-12-22-16(18-17(13)21-9-5-6-10-21)11-14(19-22)15-7-3-4-8-20(15)2;1-2-7-5-9(10)4-3-8(7)6-11/h11-12,15H,3-10H2,1-2H3;2-5H,1,6,11H2. The Morgan fingerprint density at radius 1 is 1.15 bits per heavy atom. The molecule has 0 radical (unpaired) electrons. The third kappa shape index (κ3) is 5.40. The van der Waals surface area contributed by atoms with E-state index in [1.165, 1.54) is 49.9 Å². The smallest absolute Gasteiger partial charge is 0.157 e. The Morgan fingerprint density at radius 2 is 1.91 bits per heavy atom. The maximum absolute atomic E-state index is 5.76. The van der Waals surface area contributed by atoms with Crippen LogP contribution in [0.25, 0.3) is 11.7 Å². The normalized spacial score (nSPS) is 18.9. The van der Waals surface area contributed by atoms with E-state index < -0.39 is 0 Å². The Hall–Kier alpha value is -2.41. The van der Waals surface area contributed by atoms with Crippen molar-refractivity contribution >= 4 is 29.1 Å². The number of likely N-dealkylation sites (tertiary alicyclic amines) is 1. The number of nitrogens with two attached hydrogens (primary N) is 1. The Morgan fingerprint density at radius 3 is 2.61 bits per heavy atom. The van der Waals surface area contributed by atoms with E-state index >= 15 is 0 Å². The zero-order chi connectivity index (χ0) is 23.4. The summed E-state index contributed by atoms with van der Waals surface area (Å²) < 4.78 is 1.96. The highest BCUT2D eigenvalue weighted by molar-refractivity contribution is 6.30. The van der Waals surface area contributed by atoms with E-state index in [-0.39, 0.29) is 0 Å². The van der Waals surface area contributed by atoms with Crippen molar-refractivity contribution in [3.8, 4) is 0 Å². The van der Waals surface area contributed by atoms with E-state index in [4.69, 9.17) is 27.4 Å². The van der Waals surface area contributed by atoms with Crippen molar-refractivity contribution in [3.63, 3.8) is 0 Å². The number of aryl methyl sites for hydroxylation is 1. The van der Waals surface area contributed by atoms with Gasteiger partial charge in [-0.3, -0.25) is 4.90 Å². The van der Waals surface area contributed by atoms with Crippen LogP contribution in [0.3, 0.4) is 0 Å². The molecule has 3 aromatic rings. The second kappa shape index (κ2) is 10.7. The lowest BCUT2D eigenvalue weighted by atomic mass is 10.0. The molecule has 2 fully saturated rings. The summed E-state index contributed by atoms with van der Waals surface area (Å²) in [6.07, 6.45) is 10.3. The van der Waals surface area contributed by atoms with Gasteiger partial charge in [0.1, 0.15) is 5.82 Å². The third-order valence-corrected chi connectivity index (χ3v) is 6.92. The van der Waals surface area contributed by atoms with Crippen LogP contribution in [-0.4, -0.2) is 46.2 Å². The fraction of sp³-hybridized carbons (Fsp3) is 0.462. The Labute approximate surface area is 202 Å². The Kier molecular flexibility index (Phi) is 7.68. The van der Waals surface area contributed by atoms with Crippen molar-refractivity contribution in [3.05, 3.63) is 64.4 Å². The van der Waals surface area contributed by atoms with Crippen LogP contribution < -0.4 is 10.6 Å². The molecule has 0 amide bonds. The van der Waals surface area contributed by atoms with Gasteiger partial charge in [0.05, 0.1) is 11.7 Å². The molecule has 7 heteroatoms. The number of rotatable bonds is 4. The Bertz CT molecular complexity index is 1100. The van der Waals surface area contributed by atoms with Crippen molar-refractivity contribution in [2.24, 2.45) is 5.73 Å². The predicted molar refractivity (Wildman–Crippen MR) is 138 cm³/mol. The first-order valence-electron chi connectivity index (χ1n) is 11.9. The molecule has 0 bridgehead atoms. The number of halogens is 1. The molecule has 0 saturated carbocycles. The zero-order valence-electron chi connectivity index (χ0n) is 19.8. The molecule has 33 heavy (non-hydrogen) atoms. The number of benzene rings is 1. The summed E-state index contributed by atoms with van der Waals surface area (Å²) in [6, 6.07) is 8.24. The average molecular weight is 467 g/mol. The molecule has 2 saturated heterocycles. The van der Waals surface area contributed by atoms with Gasteiger partial charge in [0.2, 0.25) is 0 Å². The lowest BCUT2D eigenvalue weighted by molar-refractivity contribution is 0.183. The summed E-state index contributed by atoms with van der Waals surface area (Å²) in [5.41, 5.74) is 11.0. The van der Waals surface area contributed by atoms with Crippen LogP contribution in [-0.2, 0) is 6.54 Å². The maximum Gasteiger partial charge on any atom is 0.157 e. The van der Waals surface area contributed by atoms with Crippen molar-refractivity contribution in [1.29, 1.82) is 0 Å². The van der Waals surface area contributed by atoms with Crippen LogP contribution >= 0.6 is 11.6 Å². The van der Waals surface area contributed by atoms with Gasteiger partial charge in [-0.15, -0.1) is 0 Å². The summed E-state index contributed by atoms with van der Waals surface area (Å²) in [6.45, 7) is 9.78. The Balaban J connectivity index is 0.000000200. The highest BCUT2D eigenvalue weighted by Gasteiger charge is 2.24. The van der Waals surface area contributed by atoms with Gasteiger partial charge in [-0.05, 0) is 69.5 Å². The van der Waals surface area contributed by atoms with Gasteiger partial charge in [-0.2, -0.15) is 5.10 Å². The molecule has 1 aromatic carbocycles. The van der Waals surface area contributed by atoms with Crippen molar-refractivity contribution in [2.75, 3.05) is 31.6 Å². The molecule has 2 N–H and O–H groups in total. The number of fused-ring (bicyclic) bond motifs is 1. The molecule has 176 valence electrons. The minimum Gasteiger partial charge on any atom is -0.356 e. The van der Waals surface area contributed by atoms with Crippen LogP contribution in [0.1, 0.15) is 60.5 Å². The quantitative estimate of drug-likeness (QED) is 0.569. The molecule has 2 aliphatic rings. The largest absolute Gasteiger partial charge is 0.356 e. The molecular weight excluding hydrogens is 432 g/mol. The number of nitrogens with zero attached hydrogens (tertiary/aromatic N) is 5. The lowest BCUT2D eigenvalue weighted by Crippen LogP contribution is -2.29.